The fourth-order valence-corrected chi connectivity index (χ4v) is 0.838. The Bertz CT molecular complexity index is 295. The molecule has 66 valence electrons. The Morgan fingerprint density at radius 2 is 1.62 bits per heavy atom. The van der Waals surface area contributed by atoms with E-state index in [0.717, 1.165) is 0 Å². The fraction of sp³-hybridized carbons (Fsp3) is 0.333. The van der Waals surface area contributed by atoms with Gasteiger partial charge in [0.15, 0.2) is 5.92 Å². The smallest absolute Gasteiger partial charge is 0.315 e. The summed E-state index contributed by atoms with van der Waals surface area (Å²) in [6.45, 7) is 0. The molecule has 1 aliphatic rings. The van der Waals surface area contributed by atoms with Crippen LogP contribution in [0, 0.1) is 28.6 Å². The molecule has 0 aromatic heterocycles. The number of nitrogens with one attached hydrogen (secondary N) is 3. The molecule has 1 saturated heterocycles. The molecule has 4 amide bonds. The van der Waals surface area contributed by atoms with Gasteiger partial charge in [0, 0.05) is 0 Å². The van der Waals surface area contributed by atoms with Crippen molar-refractivity contribution in [3.8, 4) is 12.1 Å². The fourth-order valence-electron chi connectivity index (χ4n) is 0.838. The van der Waals surface area contributed by atoms with Gasteiger partial charge in [-0.2, -0.15) is 10.5 Å². The summed E-state index contributed by atoms with van der Waals surface area (Å²) in [4.78, 5) is 21.4. The van der Waals surface area contributed by atoms with Gasteiger partial charge in [-0.15, -0.1) is 0 Å². The highest BCUT2D eigenvalue weighted by Crippen LogP contribution is 2.00. The van der Waals surface area contributed by atoms with Crippen LogP contribution >= 0.6 is 0 Å². The van der Waals surface area contributed by atoms with Crippen molar-refractivity contribution in [2.24, 2.45) is 5.92 Å². The number of hydrogen-bond donors (Lipinski definition) is 3. The molecule has 0 aromatic rings. The first-order chi connectivity index (χ1) is 6.17. The third-order valence-corrected chi connectivity index (χ3v) is 1.41. The molecule has 1 heterocycles. The van der Waals surface area contributed by atoms with Crippen LogP contribution in [0.25, 0.3) is 0 Å². The van der Waals surface area contributed by atoms with E-state index in [9.17, 15) is 9.59 Å². The number of amides is 4. The van der Waals surface area contributed by atoms with Crippen LogP contribution in [-0.2, 0) is 0 Å². The van der Waals surface area contributed by atoms with Gasteiger partial charge in [0.25, 0.3) is 0 Å². The van der Waals surface area contributed by atoms with Gasteiger partial charge in [0.05, 0.1) is 12.1 Å². The quantitative estimate of drug-likeness (QED) is 0.478. The van der Waals surface area contributed by atoms with Crippen molar-refractivity contribution in [2.45, 2.75) is 6.17 Å². The average molecular weight is 179 g/mol. The monoisotopic (exact) mass is 179 g/mol. The lowest BCUT2D eigenvalue weighted by Gasteiger charge is -2.24. The maximum Gasteiger partial charge on any atom is 0.324 e. The van der Waals surface area contributed by atoms with Crippen molar-refractivity contribution in [2.75, 3.05) is 0 Å². The van der Waals surface area contributed by atoms with Crippen LogP contribution in [0.15, 0.2) is 0 Å². The Hall–Kier alpha value is -2.28. The number of nitrogens with zero attached hydrogens (tertiary/aromatic N) is 2. The third kappa shape index (κ3) is 1.84. The molecule has 7 nitrogen and oxygen atoms in total. The van der Waals surface area contributed by atoms with Gasteiger partial charge in [-0.1, -0.05) is 0 Å². The first kappa shape index (κ1) is 8.81. The zero-order chi connectivity index (χ0) is 9.84. The third-order valence-electron chi connectivity index (χ3n) is 1.41. The van der Waals surface area contributed by atoms with Gasteiger partial charge in [-0.25, -0.2) is 9.59 Å². The molecule has 0 saturated carbocycles. The molecule has 0 spiro atoms. The van der Waals surface area contributed by atoms with E-state index in [0.29, 0.717) is 0 Å². The van der Waals surface area contributed by atoms with E-state index in [1.165, 1.54) is 0 Å². The highest BCUT2D eigenvalue weighted by molar-refractivity contribution is 5.95. The van der Waals surface area contributed by atoms with Crippen molar-refractivity contribution in [1.29, 1.82) is 10.5 Å². The van der Waals surface area contributed by atoms with E-state index >= 15 is 0 Å². The maximum atomic E-state index is 10.7. The second-order valence-corrected chi connectivity index (χ2v) is 2.29. The zero-order valence-electron chi connectivity index (χ0n) is 6.37. The summed E-state index contributed by atoms with van der Waals surface area (Å²) in [5, 5.41) is 23.2. The van der Waals surface area contributed by atoms with Crippen LogP contribution in [0.5, 0.6) is 0 Å². The minimum absolute atomic E-state index is 0.718. The minimum atomic E-state index is -1.09. The highest BCUT2D eigenvalue weighted by Gasteiger charge is 2.29. The van der Waals surface area contributed by atoms with E-state index in [1.807, 2.05) is 5.32 Å². The van der Waals surface area contributed by atoms with Gasteiger partial charge in [0.2, 0.25) is 0 Å². The normalized spacial score (nSPS) is 16.5. The lowest BCUT2D eigenvalue weighted by molar-refractivity contribution is 0.206. The van der Waals surface area contributed by atoms with Crippen LogP contribution in [0.2, 0.25) is 0 Å². The maximum absolute atomic E-state index is 10.7. The van der Waals surface area contributed by atoms with E-state index in [4.69, 9.17) is 10.5 Å². The number of carbonyl (C=O) groups is 2. The van der Waals surface area contributed by atoms with Crippen LogP contribution < -0.4 is 16.0 Å². The van der Waals surface area contributed by atoms with Crippen molar-refractivity contribution >= 4 is 12.1 Å². The largest absolute Gasteiger partial charge is 0.324 e. The Morgan fingerprint density at radius 3 is 2.00 bits per heavy atom. The molecule has 0 radical (unpaired) electrons. The molecule has 13 heavy (non-hydrogen) atoms. The number of nitriles is 2. The van der Waals surface area contributed by atoms with Crippen LogP contribution in [0.1, 0.15) is 0 Å². The SMILES string of the molecule is N#CC(C#N)C1NC(=O)NC(=O)N1. The summed E-state index contributed by atoms with van der Waals surface area (Å²) >= 11 is 0. The predicted molar refractivity (Wildman–Crippen MR) is 38.7 cm³/mol. The number of carbonyl (C=O) groups excluding carboxylic acids is 2. The summed E-state index contributed by atoms with van der Waals surface area (Å²) in [6, 6.07) is 1.85. The Morgan fingerprint density at radius 1 is 1.15 bits per heavy atom. The van der Waals surface area contributed by atoms with E-state index in [2.05, 4.69) is 10.6 Å². The minimum Gasteiger partial charge on any atom is -0.315 e. The van der Waals surface area contributed by atoms with Crippen LogP contribution in [0.3, 0.4) is 0 Å². The molecule has 1 aliphatic heterocycles. The summed E-state index contributed by atoms with van der Waals surface area (Å²) in [6.07, 6.45) is -0.948. The van der Waals surface area contributed by atoms with Gasteiger partial charge >= 0.3 is 12.1 Å². The number of rotatable bonds is 1. The van der Waals surface area contributed by atoms with Crippen LogP contribution in [-0.4, -0.2) is 18.2 Å². The molecular formula is C6H5N5O2. The first-order valence-corrected chi connectivity index (χ1v) is 3.34. The Balaban J connectivity index is 2.72. The lowest BCUT2D eigenvalue weighted by atomic mass is 10.1. The molecule has 0 unspecified atom stereocenters. The Kier molecular flexibility index (Phi) is 2.31. The molecule has 0 aromatic carbocycles. The lowest BCUT2D eigenvalue weighted by Crippen LogP contribution is -2.63. The molecular weight excluding hydrogens is 174 g/mol. The summed E-state index contributed by atoms with van der Waals surface area (Å²) < 4.78 is 0. The zero-order valence-corrected chi connectivity index (χ0v) is 6.37. The molecule has 0 aliphatic carbocycles. The molecule has 1 rings (SSSR count). The van der Waals surface area contributed by atoms with Gasteiger partial charge in [-0.05, 0) is 0 Å². The summed E-state index contributed by atoms with van der Waals surface area (Å²) in [5.41, 5.74) is 0. The molecule has 3 N–H and O–H groups in total. The van der Waals surface area contributed by atoms with Crippen molar-refractivity contribution in [1.82, 2.24) is 16.0 Å². The standard InChI is InChI=1S/C6H5N5O2/c7-1-3(2-8)4-9-5(12)11-6(13)10-4/h3-4H,(H3,9,10,11,12,13). The molecule has 7 heteroatoms. The topological polar surface area (TPSA) is 118 Å². The predicted octanol–water partition coefficient (Wildman–Crippen LogP) is -1.00. The van der Waals surface area contributed by atoms with Gasteiger partial charge in [-0.3, -0.25) is 5.32 Å². The number of imide groups is 1. The Labute approximate surface area is 73.3 Å². The second kappa shape index (κ2) is 3.41. The average Bonchev–Trinajstić information content (AvgIpc) is 2.04. The summed E-state index contributed by atoms with van der Waals surface area (Å²) in [7, 11) is 0. The molecule has 1 fully saturated rings. The first-order valence-electron chi connectivity index (χ1n) is 3.34. The molecule has 0 atom stereocenters. The second-order valence-electron chi connectivity index (χ2n) is 2.29. The van der Waals surface area contributed by atoms with E-state index in [-0.39, 0.29) is 0 Å². The van der Waals surface area contributed by atoms with E-state index in [1.54, 1.807) is 12.1 Å². The highest BCUT2D eigenvalue weighted by atomic mass is 16.2. The number of urea groups is 2. The molecule has 0 bridgehead atoms. The van der Waals surface area contributed by atoms with Crippen molar-refractivity contribution in [3.05, 3.63) is 0 Å². The van der Waals surface area contributed by atoms with Gasteiger partial charge < -0.3 is 10.6 Å². The van der Waals surface area contributed by atoms with Crippen LogP contribution in [0.4, 0.5) is 9.59 Å². The van der Waals surface area contributed by atoms with Crippen molar-refractivity contribution in [3.63, 3.8) is 0 Å². The number of hydrogen-bond acceptors (Lipinski definition) is 4. The van der Waals surface area contributed by atoms with E-state index < -0.39 is 24.1 Å². The summed E-state index contributed by atoms with van der Waals surface area (Å²) in [5.74, 6) is -1.09. The van der Waals surface area contributed by atoms with Gasteiger partial charge in [0.1, 0.15) is 6.17 Å². The van der Waals surface area contributed by atoms with Crippen molar-refractivity contribution < 1.29 is 9.59 Å².